The number of aliphatic hydroxyl groups is 1. The Morgan fingerprint density at radius 3 is 2.67 bits per heavy atom. The van der Waals surface area contributed by atoms with Gasteiger partial charge in [-0.25, -0.2) is 4.79 Å². The lowest BCUT2D eigenvalue weighted by atomic mass is 9.76. The average molecular weight is 292 g/mol. The van der Waals surface area contributed by atoms with Crippen LogP contribution in [0.3, 0.4) is 0 Å². The molecule has 4 atom stereocenters. The second-order valence-corrected chi connectivity index (χ2v) is 6.44. The summed E-state index contributed by atoms with van der Waals surface area (Å²) in [4.78, 5) is 24.2. The van der Waals surface area contributed by atoms with Crippen LogP contribution in [0.5, 0.6) is 0 Å². The molecule has 3 rings (SSSR count). The van der Waals surface area contributed by atoms with Crippen molar-refractivity contribution in [2.45, 2.75) is 45.0 Å². The van der Waals surface area contributed by atoms with Gasteiger partial charge in [0.15, 0.2) is 5.78 Å². The van der Waals surface area contributed by atoms with Gasteiger partial charge in [0.05, 0.1) is 5.92 Å². The molecule has 1 unspecified atom stereocenters. The number of carbonyl (C=O) groups is 2. The summed E-state index contributed by atoms with van der Waals surface area (Å²) < 4.78 is 11.0. The lowest BCUT2D eigenvalue weighted by Crippen LogP contribution is -2.41. The van der Waals surface area contributed by atoms with Gasteiger partial charge in [-0.15, -0.1) is 0 Å². The Balaban J connectivity index is 2.17. The number of ether oxygens (including phenoxy) is 2. The molecule has 1 saturated carbocycles. The maximum absolute atomic E-state index is 12.2. The highest BCUT2D eigenvalue weighted by Crippen LogP contribution is 2.53. The number of allylic oxidation sites excluding steroid dienone is 1. The smallest absolute Gasteiger partial charge is 0.336 e. The van der Waals surface area contributed by atoms with Gasteiger partial charge in [-0.3, -0.25) is 4.79 Å². The van der Waals surface area contributed by atoms with Gasteiger partial charge in [0.1, 0.15) is 5.60 Å². The molecule has 1 N–H and O–H groups in total. The number of esters is 1. The lowest BCUT2D eigenvalue weighted by molar-refractivity contribution is -0.198. The largest absolute Gasteiger partial charge is 0.426 e. The number of ketones is 1. The van der Waals surface area contributed by atoms with E-state index in [1.54, 1.807) is 13.8 Å². The van der Waals surface area contributed by atoms with Gasteiger partial charge >= 0.3 is 5.97 Å². The monoisotopic (exact) mass is 292 g/mol. The molecule has 1 fully saturated rings. The van der Waals surface area contributed by atoms with Crippen molar-refractivity contribution in [3.05, 3.63) is 22.8 Å². The van der Waals surface area contributed by atoms with Crippen LogP contribution in [0.2, 0.25) is 0 Å². The number of fused-ring (bicyclic) bond motifs is 2. The second-order valence-electron chi connectivity index (χ2n) is 6.44. The Hall–Kier alpha value is -1.46. The lowest BCUT2D eigenvalue weighted by Gasteiger charge is -2.32. The fourth-order valence-corrected chi connectivity index (χ4v) is 4.10. The van der Waals surface area contributed by atoms with Crippen molar-refractivity contribution in [3.63, 3.8) is 0 Å². The molecule has 1 aliphatic heterocycles. The highest BCUT2D eigenvalue weighted by atomic mass is 16.7. The molecule has 1 heterocycles. The van der Waals surface area contributed by atoms with E-state index in [-0.39, 0.29) is 18.1 Å². The van der Waals surface area contributed by atoms with E-state index in [1.807, 2.05) is 6.92 Å². The molecular formula is C16H20O5. The van der Waals surface area contributed by atoms with Crippen LogP contribution in [0.15, 0.2) is 22.8 Å². The summed E-state index contributed by atoms with van der Waals surface area (Å²) in [5.74, 6) is -2.27. The van der Waals surface area contributed by atoms with E-state index in [0.717, 1.165) is 0 Å². The van der Waals surface area contributed by atoms with Crippen LogP contribution in [0.1, 0.15) is 33.6 Å². The number of rotatable bonds is 1. The summed E-state index contributed by atoms with van der Waals surface area (Å²) in [5, 5.41) is 11.1. The minimum atomic E-state index is -1.25. The normalized spacial score (nSPS) is 42.4. The van der Waals surface area contributed by atoms with Crippen molar-refractivity contribution in [1.82, 2.24) is 0 Å². The standard InChI is InChI=1S/C16H20O5/c1-8-6-16(20-4)11(10(3)14(18)21-16)7-15(19)9(2)5-12(17)13(8)15/h5,8,13,19H,6-7H2,1-4H3/t8-,13-,15-,16?/m1/s1. The van der Waals surface area contributed by atoms with Crippen LogP contribution >= 0.6 is 0 Å². The summed E-state index contributed by atoms with van der Waals surface area (Å²) in [6.07, 6.45) is 2.09. The number of methoxy groups -OCH3 is 1. The SMILES string of the molecule is COC12C[C@@H](C)[C@@H]3C(=O)C=C(C)[C@]3(O)CC1=C(C)C(=O)O2. The van der Waals surface area contributed by atoms with Crippen molar-refractivity contribution in [2.24, 2.45) is 11.8 Å². The molecule has 5 heteroatoms. The maximum Gasteiger partial charge on any atom is 0.336 e. The van der Waals surface area contributed by atoms with Gasteiger partial charge < -0.3 is 14.6 Å². The second kappa shape index (κ2) is 4.27. The zero-order chi connectivity index (χ0) is 15.6. The molecule has 0 radical (unpaired) electrons. The third-order valence-corrected chi connectivity index (χ3v) is 5.27. The summed E-state index contributed by atoms with van der Waals surface area (Å²) in [6, 6.07) is 0. The molecule has 0 spiro atoms. The quantitative estimate of drug-likeness (QED) is 0.742. The van der Waals surface area contributed by atoms with Crippen molar-refractivity contribution in [2.75, 3.05) is 7.11 Å². The molecule has 0 bridgehead atoms. The number of carbonyl (C=O) groups excluding carboxylic acids is 2. The molecule has 0 amide bonds. The average Bonchev–Trinajstić information content (AvgIpc) is 2.72. The Morgan fingerprint density at radius 2 is 2.05 bits per heavy atom. The summed E-state index contributed by atoms with van der Waals surface area (Å²) in [6.45, 7) is 5.34. The molecular weight excluding hydrogens is 272 g/mol. The van der Waals surface area contributed by atoms with Gasteiger partial charge in [0.2, 0.25) is 5.79 Å². The predicted octanol–water partition coefficient (Wildman–Crippen LogP) is 1.51. The molecule has 0 aromatic carbocycles. The first-order chi connectivity index (χ1) is 9.75. The molecule has 5 nitrogen and oxygen atoms in total. The van der Waals surface area contributed by atoms with Gasteiger partial charge in [-0.05, 0) is 31.4 Å². The van der Waals surface area contributed by atoms with E-state index in [0.29, 0.717) is 23.1 Å². The Labute approximate surface area is 123 Å². The van der Waals surface area contributed by atoms with E-state index in [4.69, 9.17) is 9.47 Å². The first kappa shape index (κ1) is 14.5. The molecule has 2 aliphatic carbocycles. The van der Waals surface area contributed by atoms with Crippen molar-refractivity contribution in [1.29, 1.82) is 0 Å². The summed E-state index contributed by atoms with van der Waals surface area (Å²) in [5.41, 5.74) is 0.539. The van der Waals surface area contributed by atoms with Crippen LogP contribution < -0.4 is 0 Å². The van der Waals surface area contributed by atoms with E-state index < -0.39 is 23.3 Å². The zero-order valence-electron chi connectivity index (χ0n) is 12.7. The third-order valence-electron chi connectivity index (χ3n) is 5.27. The molecule has 0 aromatic heterocycles. The Morgan fingerprint density at radius 1 is 1.38 bits per heavy atom. The van der Waals surface area contributed by atoms with Crippen LogP contribution in [0.4, 0.5) is 0 Å². The number of hydrogen-bond acceptors (Lipinski definition) is 5. The molecule has 0 aromatic rings. The molecule has 3 aliphatic rings. The van der Waals surface area contributed by atoms with Gasteiger partial charge in [0.25, 0.3) is 0 Å². The molecule has 0 saturated heterocycles. The predicted molar refractivity (Wildman–Crippen MR) is 74.1 cm³/mol. The van der Waals surface area contributed by atoms with Crippen LogP contribution in [-0.4, -0.2) is 35.4 Å². The van der Waals surface area contributed by atoms with Crippen LogP contribution in [0, 0.1) is 11.8 Å². The van der Waals surface area contributed by atoms with Crippen LogP contribution in [-0.2, 0) is 19.1 Å². The van der Waals surface area contributed by atoms with Crippen molar-refractivity contribution in [3.8, 4) is 0 Å². The van der Waals surface area contributed by atoms with Crippen molar-refractivity contribution < 1.29 is 24.2 Å². The van der Waals surface area contributed by atoms with E-state index >= 15 is 0 Å². The van der Waals surface area contributed by atoms with E-state index in [1.165, 1.54) is 13.2 Å². The zero-order valence-corrected chi connectivity index (χ0v) is 12.7. The first-order valence-corrected chi connectivity index (χ1v) is 7.19. The summed E-state index contributed by atoms with van der Waals surface area (Å²) in [7, 11) is 1.49. The number of hydrogen-bond donors (Lipinski definition) is 1. The highest BCUT2D eigenvalue weighted by Gasteiger charge is 2.60. The molecule has 114 valence electrons. The Bertz CT molecular complexity index is 602. The van der Waals surface area contributed by atoms with Gasteiger partial charge in [-0.1, -0.05) is 6.92 Å². The van der Waals surface area contributed by atoms with E-state index in [2.05, 4.69) is 0 Å². The summed E-state index contributed by atoms with van der Waals surface area (Å²) >= 11 is 0. The third kappa shape index (κ3) is 1.71. The highest BCUT2D eigenvalue weighted by molar-refractivity contribution is 5.98. The minimum Gasteiger partial charge on any atom is -0.426 e. The fourth-order valence-electron chi connectivity index (χ4n) is 4.10. The van der Waals surface area contributed by atoms with Gasteiger partial charge in [-0.2, -0.15) is 0 Å². The Kier molecular flexibility index (Phi) is 2.94. The van der Waals surface area contributed by atoms with E-state index in [9.17, 15) is 14.7 Å². The first-order valence-electron chi connectivity index (χ1n) is 7.19. The maximum atomic E-state index is 12.2. The fraction of sp³-hybridized carbons (Fsp3) is 0.625. The van der Waals surface area contributed by atoms with Gasteiger partial charge in [0, 0.05) is 31.1 Å². The minimum absolute atomic E-state index is 0.0571. The van der Waals surface area contributed by atoms with Crippen molar-refractivity contribution >= 4 is 11.8 Å². The van der Waals surface area contributed by atoms with Crippen LogP contribution in [0.25, 0.3) is 0 Å². The topological polar surface area (TPSA) is 72.8 Å². The molecule has 21 heavy (non-hydrogen) atoms.